The van der Waals surface area contributed by atoms with Gasteiger partial charge in [-0.3, -0.25) is 4.57 Å². The molecule has 0 amide bonds. The molecule has 6 heteroatoms. The molecule has 64 heavy (non-hydrogen) atoms. The predicted octanol–water partition coefficient (Wildman–Crippen LogP) is 14.0. The summed E-state index contributed by atoms with van der Waals surface area (Å²) in [4.78, 5) is 4.88. The van der Waals surface area contributed by atoms with Crippen LogP contribution in [0.25, 0.3) is 72.4 Å². The topological polar surface area (TPSA) is 35.9 Å². The summed E-state index contributed by atoms with van der Waals surface area (Å²) in [5.74, 6) is 2.00. The van der Waals surface area contributed by atoms with E-state index in [2.05, 4.69) is 238 Å². The Kier molecular flexibility index (Phi) is 11.3. The van der Waals surface area contributed by atoms with Crippen LogP contribution in [0.4, 0.5) is 0 Å². The van der Waals surface area contributed by atoms with Crippen molar-refractivity contribution in [2.75, 3.05) is 0 Å². The largest absolute Gasteiger partial charge is 0.510 e. The average Bonchev–Trinajstić information content (AvgIpc) is 3.91. The molecule has 0 radical (unpaired) electrons. The first-order valence-electron chi connectivity index (χ1n) is 21.5. The number of para-hydroxylation sites is 1. The van der Waals surface area contributed by atoms with Gasteiger partial charge in [0.1, 0.15) is 5.82 Å². The zero-order valence-corrected chi connectivity index (χ0v) is 39.1. The second-order valence-electron chi connectivity index (χ2n) is 18.2. The quantitative estimate of drug-likeness (QED) is 0.112. The Balaban J connectivity index is 0.00000518. The molecule has 0 N–H and O–H groups in total. The van der Waals surface area contributed by atoms with Crippen molar-refractivity contribution >= 4 is 21.8 Å². The summed E-state index contributed by atoms with van der Waals surface area (Å²) in [7, 11) is 0. The van der Waals surface area contributed by atoms with E-state index in [-0.39, 0.29) is 31.9 Å². The van der Waals surface area contributed by atoms with Crippen molar-refractivity contribution in [3.05, 3.63) is 212 Å². The van der Waals surface area contributed by atoms with Gasteiger partial charge in [0.05, 0.1) is 11.4 Å². The van der Waals surface area contributed by atoms with Gasteiger partial charge in [-0.15, -0.1) is 35.2 Å². The van der Waals surface area contributed by atoms with Gasteiger partial charge in [0.15, 0.2) is 0 Å². The molecule has 0 saturated heterocycles. The van der Waals surface area contributed by atoms with Crippen LogP contribution in [0, 0.1) is 18.5 Å². The van der Waals surface area contributed by atoms with Crippen LogP contribution in [0.1, 0.15) is 52.8 Å². The van der Waals surface area contributed by atoms with Crippen LogP contribution in [-0.2, 0) is 31.9 Å². The summed E-state index contributed by atoms with van der Waals surface area (Å²) in [6.45, 7) is 13.4. The molecule has 3 aromatic heterocycles. The Morgan fingerprint density at radius 3 is 1.73 bits per heavy atom. The maximum Gasteiger partial charge on any atom is 0.267 e. The molecule has 10 aromatic rings. The Labute approximate surface area is 390 Å². The van der Waals surface area contributed by atoms with Gasteiger partial charge < -0.3 is 13.9 Å². The van der Waals surface area contributed by atoms with Gasteiger partial charge in [-0.05, 0) is 91.7 Å². The van der Waals surface area contributed by atoms with E-state index in [0.717, 1.165) is 78.1 Å². The van der Waals surface area contributed by atoms with Gasteiger partial charge in [-0.1, -0.05) is 156 Å². The molecule has 318 valence electrons. The molecule has 0 aliphatic carbocycles. The van der Waals surface area contributed by atoms with Crippen LogP contribution in [0.5, 0.6) is 11.5 Å². The number of hydrogen-bond acceptors (Lipinski definition) is 2. The molecular weight excluding hydrogens is 964 g/mol. The fraction of sp³-hybridized carbons (Fsp3) is 0.138. The third-order valence-corrected chi connectivity index (χ3v) is 11.7. The SMILES string of the molecule is CC(C)(C)c1ccnc(-n2c3[c-]c(Oc4[c-]c(-n5[c-][n+](-c6cc(-c7ccccc7)cc(-c7ccccc7)c6)cc5C(C)(C)C)cc(-c5ccccc5)c4)ccc3c3ccccc32)c1.[Pt]. The fourth-order valence-corrected chi connectivity index (χ4v) is 8.36. The minimum atomic E-state index is -0.247. The number of benzene rings is 7. The molecule has 0 fully saturated rings. The number of hydrogen-bond donors (Lipinski definition) is 0. The van der Waals surface area contributed by atoms with Crippen molar-refractivity contribution in [3.8, 4) is 62.1 Å². The van der Waals surface area contributed by atoms with Crippen molar-refractivity contribution < 1.29 is 30.4 Å². The van der Waals surface area contributed by atoms with E-state index < -0.39 is 0 Å². The number of imidazole rings is 1. The van der Waals surface area contributed by atoms with E-state index >= 15 is 0 Å². The van der Waals surface area contributed by atoms with Crippen LogP contribution in [0.3, 0.4) is 0 Å². The maximum absolute atomic E-state index is 6.84. The van der Waals surface area contributed by atoms with Gasteiger partial charge in [-0.25, -0.2) is 4.98 Å². The first kappa shape index (κ1) is 42.5. The first-order valence-corrected chi connectivity index (χ1v) is 21.5. The Hall–Kier alpha value is -6.81. The summed E-state index contributed by atoms with van der Waals surface area (Å²) in [5, 5.41) is 2.21. The van der Waals surface area contributed by atoms with Crippen LogP contribution >= 0.6 is 0 Å². The second kappa shape index (κ2) is 17.0. The van der Waals surface area contributed by atoms with Gasteiger partial charge in [0, 0.05) is 50.5 Å². The number of aromatic nitrogens is 4. The number of pyridine rings is 1. The third-order valence-electron chi connectivity index (χ3n) is 11.7. The van der Waals surface area contributed by atoms with Crippen molar-refractivity contribution in [3.63, 3.8) is 0 Å². The number of ether oxygens (including phenoxy) is 1. The molecule has 0 bridgehead atoms. The van der Waals surface area contributed by atoms with Crippen LogP contribution < -0.4 is 9.30 Å². The van der Waals surface area contributed by atoms with Crippen LogP contribution in [0.2, 0.25) is 0 Å². The summed E-state index contributed by atoms with van der Waals surface area (Å²) in [5.41, 5.74) is 12.4. The molecule has 7 aromatic carbocycles. The molecule has 0 atom stereocenters. The van der Waals surface area contributed by atoms with Crippen molar-refractivity contribution in [1.29, 1.82) is 0 Å². The van der Waals surface area contributed by atoms with E-state index in [1.807, 2.05) is 18.3 Å². The van der Waals surface area contributed by atoms with Crippen molar-refractivity contribution in [1.82, 2.24) is 14.1 Å². The zero-order valence-electron chi connectivity index (χ0n) is 36.8. The molecule has 0 saturated carbocycles. The minimum Gasteiger partial charge on any atom is -0.510 e. The van der Waals surface area contributed by atoms with E-state index in [1.54, 1.807) is 0 Å². The molecule has 10 rings (SSSR count). The molecule has 0 aliphatic heterocycles. The Morgan fingerprint density at radius 2 is 1.12 bits per heavy atom. The monoisotopic (exact) mass is 1010 g/mol. The summed E-state index contributed by atoms with van der Waals surface area (Å²) in [6.07, 6.45) is 7.86. The van der Waals surface area contributed by atoms with E-state index in [4.69, 9.17) is 9.72 Å². The number of rotatable bonds is 8. The van der Waals surface area contributed by atoms with E-state index in [9.17, 15) is 0 Å². The Morgan fingerprint density at radius 1 is 0.531 bits per heavy atom. The third kappa shape index (κ3) is 8.36. The summed E-state index contributed by atoms with van der Waals surface area (Å²) in [6, 6.07) is 66.7. The maximum atomic E-state index is 6.84. The standard InChI is InChI=1S/C58H48N4O.Pt/c1-57(2,3)46-28-29-59-56(35-46)62-53-25-17-16-24-51(53)52-27-26-49(37-54(52)62)63-50-34-45(42-22-14-9-15-23-42)33-48(36-50)61-39-60(38-55(61)58(4,5)6)47-31-43(40-18-10-7-11-19-40)30-44(32-47)41-20-12-8-13-21-41;/h7-35,38H,1-6H3;/q-2;. The molecule has 0 spiro atoms. The van der Waals surface area contributed by atoms with Gasteiger partial charge in [-0.2, -0.15) is 12.1 Å². The summed E-state index contributed by atoms with van der Waals surface area (Å²) < 4.78 is 13.3. The van der Waals surface area contributed by atoms with Crippen LogP contribution in [0.15, 0.2) is 182 Å². The average molecular weight is 1010 g/mol. The summed E-state index contributed by atoms with van der Waals surface area (Å²) >= 11 is 0. The van der Waals surface area contributed by atoms with E-state index in [1.165, 1.54) is 5.56 Å². The first-order chi connectivity index (χ1) is 30.5. The molecular formula is C58H48N4OPt-2. The van der Waals surface area contributed by atoms with E-state index in [0.29, 0.717) is 11.5 Å². The van der Waals surface area contributed by atoms with Gasteiger partial charge >= 0.3 is 0 Å². The van der Waals surface area contributed by atoms with Crippen LogP contribution in [-0.4, -0.2) is 14.1 Å². The molecule has 5 nitrogen and oxygen atoms in total. The van der Waals surface area contributed by atoms with Crippen molar-refractivity contribution in [2.45, 2.75) is 52.4 Å². The Bertz CT molecular complexity index is 3210. The fourth-order valence-electron chi connectivity index (χ4n) is 8.36. The van der Waals surface area contributed by atoms with Gasteiger partial charge in [0.25, 0.3) is 6.33 Å². The molecule has 0 aliphatic rings. The normalized spacial score (nSPS) is 11.8. The number of nitrogens with zero attached hydrogens (tertiary/aromatic N) is 4. The molecule has 0 unspecified atom stereocenters. The smallest absolute Gasteiger partial charge is 0.267 e. The second-order valence-corrected chi connectivity index (χ2v) is 18.2. The number of fused-ring (bicyclic) bond motifs is 3. The zero-order chi connectivity index (χ0) is 43.3. The van der Waals surface area contributed by atoms with Crippen molar-refractivity contribution in [2.24, 2.45) is 0 Å². The molecule has 3 heterocycles. The van der Waals surface area contributed by atoms with Gasteiger partial charge in [0.2, 0.25) is 0 Å². The minimum absolute atomic E-state index is 0. The predicted molar refractivity (Wildman–Crippen MR) is 256 cm³/mol.